The summed E-state index contributed by atoms with van der Waals surface area (Å²) < 4.78 is 0. The first kappa shape index (κ1) is 14.1. The lowest BCUT2D eigenvalue weighted by atomic mass is 9.87. The highest BCUT2D eigenvalue weighted by molar-refractivity contribution is 5.73. The second kappa shape index (κ2) is 5.33. The summed E-state index contributed by atoms with van der Waals surface area (Å²) in [6, 6.07) is 8.65. The number of aliphatic carboxylic acids is 1. The Kier molecular flexibility index (Phi) is 3.95. The van der Waals surface area contributed by atoms with Gasteiger partial charge in [-0.2, -0.15) is 0 Å². The van der Waals surface area contributed by atoms with Gasteiger partial charge in [0, 0.05) is 6.54 Å². The Labute approximate surface area is 115 Å². The van der Waals surface area contributed by atoms with Gasteiger partial charge < -0.3 is 10.4 Å². The summed E-state index contributed by atoms with van der Waals surface area (Å²) in [6.07, 6.45) is 0.825. The van der Waals surface area contributed by atoms with Crippen LogP contribution in [0.4, 0.5) is 0 Å². The number of nitrogens with one attached hydrogen (secondary N) is 1. The van der Waals surface area contributed by atoms with E-state index in [1.165, 1.54) is 11.1 Å². The summed E-state index contributed by atoms with van der Waals surface area (Å²) in [5, 5.41) is 12.2. The van der Waals surface area contributed by atoms with Crippen molar-refractivity contribution < 1.29 is 9.90 Å². The molecule has 0 aromatic heterocycles. The van der Waals surface area contributed by atoms with Crippen LogP contribution in [-0.4, -0.2) is 17.6 Å². The van der Waals surface area contributed by atoms with Crippen LogP contribution in [0.1, 0.15) is 38.3 Å². The van der Waals surface area contributed by atoms with Gasteiger partial charge in [-0.3, -0.25) is 4.79 Å². The van der Waals surface area contributed by atoms with Crippen LogP contribution in [0.3, 0.4) is 0 Å². The molecule has 1 saturated carbocycles. The Morgan fingerprint density at radius 3 is 2.42 bits per heavy atom. The van der Waals surface area contributed by atoms with Gasteiger partial charge in [0.05, 0.1) is 5.92 Å². The zero-order chi connectivity index (χ0) is 14.0. The lowest BCUT2D eigenvalue weighted by Crippen LogP contribution is -2.18. The zero-order valence-corrected chi connectivity index (χ0v) is 11.9. The molecule has 2 rings (SSSR count). The lowest BCUT2D eigenvalue weighted by Gasteiger charge is -2.19. The quantitative estimate of drug-likeness (QED) is 0.857. The molecule has 1 aliphatic rings. The van der Waals surface area contributed by atoms with Crippen LogP contribution in [0.15, 0.2) is 24.3 Å². The summed E-state index contributed by atoms with van der Waals surface area (Å²) in [5.41, 5.74) is 2.78. The zero-order valence-electron chi connectivity index (χ0n) is 11.9. The number of benzene rings is 1. The maximum atomic E-state index is 10.7. The van der Waals surface area contributed by atoms with Crippen molar-refractivity contribution in [2.75, 3.05) is 6.54 Å². The Morgan fingerprint density at radius 2 is 1.95 bits per heavy atom. The minimum Gasteiger partial charge on any atom is -0.481 e. The standard InChI is InChI=1S/C16H23NO2/c1-16(2,3)13-6-4-11(5-7-13)9-17-10-12-8-14(12)15(18)19/h4-7,12,14,17H,8-10H2,1-3H3,(H,18,19). The first-order chi connectivity index (χ1) is 8.88. The fraction of sp³-hybridized carbons (Fsp3) is 0.562. The van der Waals surface area contributed by atoms with Gasteiger partial charge in [-0.15, -0.1) is 0 Å². The molecule has 0 radical (unpaired) electrons. The van der Waals surface area contributed by atoms with Crippen LogP contribution in [-0.2, 0) is 16.8 Å². The number of rotatable bonds is 5. The minimum atomic E-state index is -0.652. The number of carbonyl (C=O) groups is 1. The third-order valence-corrected chi connectivity index (χ3v) is 3.80. The molecule has 2 atom stereocenters. The third kappa shape index (κ3) is 3.80. The van der Waals surface area contributed by atoms with Gasteiger partial charge in [0.25, 0.3) is 0 Å². The van der Waals surface area contributed by atoms with E-state index in [0.717, 1.165) is 19.5 Å². The van der Waals surface area contributed by atoms with E-state index in [1.54, 1.807) is 0 Å². The van der Waals surface area contributed by atoms with E-state index in [0.29, 0.717) is 5.92 Å². The lowest BCUT2D eigenvalue weighted by molar-refractivity contribution is -0.138. The highest BCUT2D eigenvalue weighted by Crippen LogP contribution is 2.37. The molecule has 0 amide bonds. The molecule has 1 aromatic rings. The Balaban J connectivity index is 1.77. The number of carboxylic acid groups (broad SMARTS) is 1. The van der Waals surface area contributed by atoms with Crippen LogP contribution in [0.2, 0.25) is 0 Å². The van der Waals surface area contributed by atoms with Gasteiger partial charge >= 0.3 is 5.97 Å². The predicted molar refractivity (Wildman–Crippen MR) is 76.1 cm³/mol. The number of hydrogen-bond acceptors (Lipinski definition) is 2. The van der Waals surface area contributed by atoms with Crippen molar-refractivity contribution in [3.63, 3.8) is 0 Å². The Morgan fingerprint density at radius 1 is 1.32 bits per heavy atom. The van der Waals surface area contributed by atoms with E-state index in [-0.39, 0.29) is 11.3 Å². The monoisotopic (exact) mass is 261 g/mol. The van der Waals surface area contributed by atoms with Crippen molar-refractivity contribution in [1.29, 1.82) is 0 Å². The molecular formula is C16H23NO2. The average molecular weight is 261 g/mol. The second-order valence-corrected chi connectivity index (χ2v) is 6.52. The molecule has 2 N–H and O–H groups in total. The average Bonchev–Trinajstić information content (AvgIpc) is 3.08. The predicted octanol–water partition coefficient (Wildman–Crippen LogP) is 2.79. The highest BCUT2D eigenvalue weighted by Gasteiger charge is 2.42. The SMILES string of the molecule is CC(C)(C)c1ccc(CNCC2CC2C(=O)O)cc1. The fourth-order valence-electron chi connectivity index (χ4n) is 2.30. The van der Waals surface area contributed by atoms with Crippen LogP contribution < -0.4 is 5.32 Å². The van der Waals surface area contributed by atoms with Crippen LogP contribution in [0.25, 0.3) is 0 Å². The first-order valence-corrected chi connectivity index (χ1v) is 6.91. The first-order valence-electron chi connectivity index (χ1n) is 6.91. The van der Waals surface area contributed by atoms with Gasteiger partial charge in [-0.1, -0.05) is 45.0 Å². The van der Waals surface area contributed by atoms with E-state index in [1.807, 2.05) is 0 Å². The van der Waals surface area contributed by atoms with E-state index < -0.39 is 5.97 Å². The molecule has 19 heavy (non-hydrogen) atoms. The van der Waals surface area contributed by atoms with Gasteiger partial charge in [-0.05, 0) is 35.4 Å². The normalized spacial score (nSPS) is 22.3. The molecule has 0 aliphatic heterocycles. The second-order valence-electron chi connectivity index (χ2n) is 6.52. The van der Waals surface area contributed by atoms with Crippen molar-refractivity contribution in [3.8, 4) is 0 Å². The van der Waals surface area contributed by atoms with Crippen molar-refractivity contribution in [3.05, 3.63) is 35.4 Å². The van der Waals surface area contributed by atoms with Crippen LogP contribution in [0, 0.1) is 11.8 Å². The molecule has 104 valence electrons. The van der Waals surface area contributed by atoms with E-state index in [2.05, 4.69) is 50.4 Å². The third-order valence-electron chi connectivity index (χ3n) is 3.80. The molecule has 1 aliphatic carbocycles. The maximum Gasteiger partial charge on any atom is 0.306 e. The fourth-order valence-corrected chi connectivity index (χ4v) is 2.30. The molecule has 0 spiro atoms. The summed E-state index contributed by atoms with van der Waals surface area (Å²) in [7, 11) is 0. The van der Waals surface area contributed by atoms with Gasteiger partial charge in [-0.25, -0.2) is 0 Å². The van der Waals surface area contributed by atoms with Gasteiger partial charge in [0.15, 0.2) is 0 Å². The highest BCUT2D eigenvalue weighted by atomic mass is 16.4. The molecule has 1 aromatic carbocycles. The molecule has 2 unspecified atom stereocenters. The molecule has 3 nitrogen and oxygen atoms in total. The Hall–Kier alpha value is -1.35. The summed E-state index contributed by atoms with van der Waals surface area (Å²) in [6.45, 7) is 8.24. The van der Waals surface area contributed by atoms with E-state index in [4.69, 9.17) is 5.11 Å². The van der Waals surface area contributed by atoms with Crippen molar-refractivity contribution >= 4 is 5.97 Å². The van der Waals surface area contributed by atoms with Crippen LogP contribution >= 0.6 is 0 Å². The van der Waals surface area contributed by atoms with E-state index in [9.17, 15) is 4.79 Å². The van der Waals surface area contributed by atoms with Crippen molar-refractivity contribution in [2.24, 2.45) is 11.8 Å². The van der Waals surface area contributed by atoms with Crippen LogP contribution in [0.5, 0.6) is 0 Å². The molecule has 1 fully saturated rings. The van der Waals surface area contributed by atoms with E-state index >= 15 is 0 Å². The molecule has 0 saturated heterocycles. The van der Waals surface area contributed by atoms with Gasteiger partial charge in [0.2, 0.25) is 0 Å². The van der Waals surface area contributed by atoms with Crippen molar-refractivity contribution in [1.82, 2.24) is 5.32 Å². The largest absolute Gasteiger partial charge is 0.481 e. The topological polar surface area (TPSA) is 49.3 Å². The summed E-state index contributed by atoms with van der Waals surface area (Å²) in [4.78, 5) is 10.7. The molecule has 0 heterocycles. The molecule has 3 heteroatoms. The summed E-state index contributed by atoms with van der Waals surface area (Å²) in [5.74, 6) is -0.441. The summed E-state index contributed by atoms with van der Waals surface area (Å²) >= 11 is 0. The number of carboxylic acids is 1. The smallest absolute Gasteiger partial charge is 0.306 e. The number of hydrogen-bond donors (Lipinski definition) is 2. The minimum absolute atomic E-state index is 0.115. The maximum absolute atomic E-state index is 10.7. The Bertz CT molecular complexity index is 445. The molecule has 0 bridgehead atoms. The molecular weight excluding hydrogens is 238 g/mol. The van der Waals surface area contributed by atoms with Gasteiger partial charge in [0.1, 0.15) is 0 Å². The van der Waals surface area contributed by atoms with Crippen molar-refractivity contribution in [2.45, 2.75) is 39.2 Å².